The van der Waals surface area contributed by atoms with Crippen molar-refractivity contribution in [1.29, 1.82) is 5.26 Å². The minimum absolute atomic E-state index is 0.272. The van der Waals surface area contributed by atoms with Gasteiger partial charge in [-0.05, 0) is 133 Å². The van der Waals surface area contributed by atoms with Gasteiger partial charge in [0, 0.05) is 16.3 Å². The Bertz CT molecular complexity index is 4230. The fourth-order valence-corrected chi connectivity index (χ4v) is 10.1. The molecule has 0 unspecified atom stereocenters. The Hall–Kier alpha value is -9.87. The molecule has 12 rings (SSSR count). The summed E-state index contributed by atoms with van der Waals surface area (Å²) in [5.41, 5.74) is 6.89. The van der Waals surface area contributed by atoms with Crippen LogP contribution in [0.1, 0.15) is 5.56 Å². The molecule has 0 aromatic heterocycles. The minimum atomic E-state index is -0.449. The molecule has 0 aliphatic heterocycles. The normalized spacial score (nSPS) is 11.2. The molecule has 12 aromatic carbocycles. The lowest BCUT2D eigenvalue weighted by atomic mass is 9.91. The number of hydrogen-bond donors (Lipinski definition) is 0. The van der Waals surface area contributed by atoms with Crippen LogP contribution >= 0.6 is 0 Å². The Morgan fingerprint density at radius 2 is 0.857 bits per heavy atom. The number of para-hydroxylation sites is 3. The van der Waals surface area contributed by atoms with Gasteiger partial charge in [-0.15, -0.1) is 0 Å². The van der Waals surface area contributed by atoms with E-state index in [4.69, 9.17) is 13.1 Å². The van der Waals surface area contributed by atoms with E-state index in [2.05, 4.69) is 52.2 Å². The molecule has 0 radical (unpaired) electrons. The number of nitrogens with zero attached hydrogens (tertiary/aromatic N) is 5. The van der Waals surface area contributed by atoms with Gasteiger partial charge < -0.3 is 9.80 Å². The first-order valence-electron chi connectivity index (χ1n) is 22.7. The fraction of sp³-hybridized carbons (Fsp3) is 0. The summed E-state index contributed by atoms with van der Waals surface area (Å²) in [6.45, 7) is 16.7. The Balaban J connectivity index is 1.06. The predicted octanol–water partition coefficient (Wildman–Crippen LogP) is 18.4. The van der Waals surface area contributed by atoms with Crippen molar-refractivity contribution < 1.29 is 8.78 Å². The average Bonchev–Trinajstić information content (AvgIpc) is 3.41. The van der Waals surface area contributed by atoms with E-state index in [0.29, 0.717) is 45.1 Å². The average molecular weight is 900 g/mol. The van der Waals surface area contributed by atoms with Crippen LogP contribution in [-0.2, 0) is 0 Å². The van der Waals surface area contributed by atoms with Crippen LogP contribution in [0.3, 0.4) is 0 Å². The van der Waals surface area contributed by atoms with Crippen molar-refractivity contribution in [3.8, 4) is 28.3 Å². The van der Waals surface area contributed by atoms with Crippen LogP contribution in [0.5, 0.6) is 0 Å². The summed E-state index contributed by atoms with van der Waals surface area (Å²) in [6.07, 6.45) is 0. The number of anilines is 6. The monoisotopic (exact) mass is 899 g/mol. The molecular formula is C63H35F2N5. The fourth-order valence-electron chi connectivity index (χ4n) is 10.1. The highest BCUT2D eigenvalue weighted by Gasteiger charge is 2.26. The predicted molar refractivity (Wildman–Crippen MR) is 283 cm³/mol. The molecule has 0 saturated heterocycles. The first-order chi connectivity index (χ1) is 34.4. The molecule has 326 valence electrons. The van der Waals surface area contributed by atoms with Crippen LogP contribution in [0.4, 0.5) is 54.3 Å². The van der Waals surface area contributed by atoms with Gasteiger partial charge in [-0.25, -0.2) is 18.5 Å². The van der Waals surface area contributed by atoms with Crippen molar-refractivity contribution in [3.63, 3.8) is 0 Å². The minimum Gasteiger partial charge on any atom is -0.318 e. The second-order valence-electron chi connectivity index (χ2n) is 17.2. The second kappa shape index (κ2) is 16.8. The van der Waals surface area contributed by atoms with Crippen LogP contribution < -0.4 is 9.80 Å². The van der Waals surface area contributed by atoms with Gasteiger partial charge in [0.2, 0.25) is 11.4 Å². The van der Waals surface area contributed by atoms with Gasteiger partial charge in [-0.2, -0.15) is 5.26 Å². The van der Waals surface area contributed by atoms with E-state index in [0.717, 1.165) is 70.7 Å². The lowest BCUT2D eigenvalue weighted by Crippen LogP contribution is -2.13. The van der Waals surface area contributed by atoms with E-state index in [1.807, 2.05) is 149 Å². The van der Waals surface area contributed by atoms with Gasteiger partial charge in [0.25, 0.3) is 0 Å². The zero-order valence-corrected chi connectivity index (χ0v) is 37.2. The molecule has 0 heterocycles. The second-order valence-corrected chi connectivity index (χ2v) is 17.2. The summed E-state index contributed by atoms with van der Waals surface area (Å²) < 4.78 is 32.9. The molecule has 0 bridgehead atoms. The molecular weight excluding hydrogens is 865 g/mol. The number of halogens is 2. The molecule has 5 nitrogen and oxygen atoms in total. The molecule has 0 aliphatic rings. The topological polar surface area (TPSA) is 39.0 Å². The molecule has 0 spiro atoms. The van der Waals surface area contributed by atoms with Crippen molar-refractivity contribution in [2.75, 3.05) is 9.80 Å². The molecule has 0 amide bonds. The summed E-state index contributed by atoms with van der Waals surface area (Å²) >= 11 is 0. The van der Waals surface area contributed by atoms with Crippen molar-refractivity contribution >= 4 is 99.4 Å². The highest BCUT2D eigenvalue weighted by atomic mass is 19.1. The Labute approximate surface area is 402 Å². The van der Waals surface area contributed by atoms with Crippen molar-refractivity contribution in [2.45, 2.75) is 0 Å². The molecule has 0 N–H and O–H groups in total. The highest BCUT2D eigenvalue weighted by molar-refractivity contribution is 6.28. The van der Waals surface area contributed by atoms with Gasteiger partial charge in [0.1, 0.15) is 17.7 Å². The third kappa shape index (κ3) is 6.79. The summed E-state index contributed by atoms with van der Waals surface area (Å²) in [6, 6.07) is 69.0. The van der Waals surface area contributed by atoms with Crippen LogP contribution in [-0.4, -0.2) is 0 Å². The third-order valence-corrected chi connectivity index (χ3v) is 13.4. The van der Waals surface area contributed by atoms with Crippen LogP contribution in [0, 0.1) is 36.1 Å². The van der Waals surface area contributed by atoms with Crippen molar-refractivity contribution in [1.82, 2.24) is 0 Å². The van der Waals surface area contributed by atoms with Gasteiger partial charge in [-0.3, -0.25) is 0 Å². The molecule has 7 heteroatoms. The van der Waals surface area contributed by atoms with E-state index in [9.17, 15) is 5.26 Å². The van der Waals surface area contributed by atoms with Crippen molar-refractivity contribution in [3.05, 3.63) is 252 Å². The number of nitriles is 1. The molecule has 70 heavy (non-hydrogen) atoms. The first kappa shape index (κ1) is 41.6. The van der Waals surface area contributed by atoms with E-state index >= 15 is 8.78 Å². The molecule has 0 atom stereocenters. The number of rotatable bonds is 8. The first-order valence-corrected chi connectivity index (χ1v) is 22.7. The number of benzene rings is 12. The summed E-state index contributed by atoms with van der Waals surface area (Å²) in [7, 11) is 0. The van der Waals surface area contributed by atoms with E-state index in [1.165, 1.54) is 6.07 Å². The molecule has 0 fully saturated rings. The van der Waals surface area contributed by atoms with Crippen LogP contribution in [0.2, 0.25) is 0 Å². The quantitative estimate of drug-likeness (QED) is 0.113. The highest BCUT2D eigenvalue weighted by Crippen LogP contribution is 2.51. The largest absolute Gasteiger partial charge is 0.318 e. The third-order valence-electron chi connectivity index (χ3n) is 13.4. The van der Waals surface area contributed by atoms with E-state index < -0.39 is 11.6 Å². The molecule has 0 saturated carbocycles. The summed E-state index contributed by atoms with van der Waals surface area (Å²) in [4.78, 5) is 11.7. The lowest BCUT2D eigenvalue weighted by Gasteiger charge is -2.31. The maximum absolute atomic E-state index is 17.1. The van der Waals surface area contributed by atoms with E-state index in [-0.39, 0.29) is 11.4 Å². The molecule has 12 aromatic rings. The zero-order valence-electron chi connectivity index (χ0n) is 37.2. The Kier molecular flexibility index (Phi) is 9.96. The maximum Gasteiger partial charge on any atom is 0.211 e. The molecule has 0 aliphatic carbocycles. The SMILES string of the molecule is [C-]#[N+]c1ccccc1N(c1ccc(-c2ccc3ccccc3c2)cc1F)c1ccc2ccc3c(N(c4ccccc4C#N)c4ccc(-c5cc6ccccc6cc5F)cc4[N+]#[C-])ccc4ccc1c2c43. The number of hydrogen-bond acceptors (Lipinski definition) is 3. The Morgan fingerprint density at radius 3 is 1.53 bits per heavy atom. The van der Waals surface area contributed by atoms with Crippen LogP contribution in [0.25, 0.3) is 85.8 Å². The lowest BCUT2D eigenvalue weighted by molar-refractivity contribution is 0.629. The van der Waals surface area contributed by atoms with Gasteiger partial charge in [0.15, 0.2) is 0 Å². The van der Waals surface area contributed by atoms with Crippen molar-refractivity contribution in [2.24, 2.45) is 0 Å². The van der Waals surface area contributed by atoms with Gasteiger partial charge >= 0.3 is 0 Å². The smallest absolute Gasteiger partial charge is 0.211 e. The standard InChI is InChI=1S/C63H35F2N5/c1-67-54-16-8-10-18-60(54)70(59-31-25-46(36-53(59)65)45-20-19-39-11-3-4-12-42(39)33-45)58-30-24-41-21-27-49-57(29-23-40-22-28-50(58)63(41)62(40)49)69(56-17-9-7-15-48(56)38-66)61-32-26-47(37-55(61)68-2)51-34-43-13-5-6-14-44(43)35-52(51)64/h3-37H. The van der Waals surface area contributed by atoms with Crippen LogP contribution in [0.15, 0.2) is 212 Å². The van der Waals surface area contributed by atoms with E-state index in [1.54, 1.807) is 30.3 Å². The summed E-state index contributed by atoms with van der Waals surface area (Å²) in [5, 5.41) is 19.8. The summed E-state index contributed by atoms with van der Waals surface area (Å²) in [5.74, 6) is -0.840. The Morgan fingerprint density at radius 1 is 0.371 bits per heavy atom. The van der Waals surface area contributed by atoms with Gasteiger partial charge in [0.05, 0.1) is 52.8 Å². The number of fused-ring (bicyclic) bond motifs is 2. The zero-order chi connectivity index (χ0) is 47.5. The maximum atomic E-state index is 17.1. The van der Waals surface area contributed by atoms with Gasteiger partial charge in [-0.1, -0.05) is 140 Å².